The lowest BCUT2D eigenvalue weighted by Gasteiger charge is -2.38. The summed E-state index contributed by atoms with van der Waals surface area (Å²) in [6, 6.07) is 19.8. The van der Waals surface area contributed by atoms with Crippen LogP contribution in [0, 0.1) is 0 Å². The van der Waals surface area contributed by atoms with Gasteiger partial charge in [-0.25, -0.2) is 0 Å². The average Bonchev–Trinajstić information content (AvgIpc) is 2.74. The van der Waals surface area contributed by atoms with Gasteiger partial charge < -0.3 is 30.5 Å². The van der Waals surface area contributed by atoms with Gasteiger partial charge in [-0.05, 0) is 36.4 Å². The first-order chi connectivity index (χ1) is 15.6. The van der Waals surface area contributed by atoms with E-state index in [1.54, 1.807) is 36.4 Å². The molecule has 1 amide bonds. The van der Waals surface area contributed by atoms with Crippen molar-refractivity contribution in [3.05, 3.63) is 83.9 Å². The van der Waals surface area contributed by atoms with Crippen molar-refractivity contribution in [2.45, 2.75) is 19.4 Å². The van der Waals surface area contributed by atoms with Gasteiger partial charge in [-0.3, -0.25) is 14.4 Å². The van der Waals surface area contributed by atoms with Crippen LogP contribution in [-0.2, 0) is 20.0 Å². The lowest BCUT2D eigenvalue weighted by atomic mass is 9.84. The first kappa shape index (κ1) is 24.7. The molecule has 0 atom stereocenters. The van der Waals surface area contributed by atoms with E-state index < -0.39 is 17.5 Å². The lowest BCUT2D eigenvalue weighted by Crippen LogP contribution is -2.49. The molecule has 1 heterocycles. The van der Waals surface area contributed by atoms with Gasteiger partial charge in [-0.2, -0.15) is 0 Å². The van der Waals surface area contributed by atoms with E-state index in [0.717, 1.165) is 13.8 Å². The summed E-state index contributed by atoms with van der Waals surface area (Å²) in [5.41, 5.74) is 0.321. The molecule has 4 rings (SSSR count). The highest BCUT2D eigenvalue weighted by Crippen LogP contribution is 2.43. The molecule has 0 unspecified atom stereocenters. The summed E-state index contributed by atoms with van der Waals surface area (Å²) in [5, 5.41) is 36.9. The van der Waals surface area contributed by atoms with Crippen LogP contribution in [0.25, 0.3) is 0 Å². The van der Waals surface area contributed by atoms with Gasteiger partial charge in [0.2, 0.25) is 5.60 Å². The number of carbonyl (C=O) groups excluding carboxylic acids is 1. The minimum atomic E-state index is -1.42. The van der Waals surface area contributed by atoms with Crippen molar-refractivity contribution in [1.82, 2.24) is 0 Å². The Labute approximate surface area is 189 Å². The molecule has 3 aromatic rings. The Morgan fingerprint density at radius 3 is 1.58 bits per heavy atom. The van der Waals surface area contributed by atoms with E-state index in [-0.39, 0.29) is 17.4 Å². The summed E-state index contributed by atoms with van der Waals surface area (Å²) in [6.45, 7) is 2.17. The van der Waals surface area contributed by atoms with E-state index >= 15 is 0 Å². The number of amides is 1. The molecule has 0 bridgehead atoms. The minimum Gasteiger partial charge on any atom is -0.508 e. The first-order valence-electron chi connectivity index (χ1n) is 9.64. The van der Waals surface area contributed by atoms with Crippen molar-refractivity contribution in [1.29, 1.82) is 0 Å². The van der Waals surface area contributed by atoms with Crippen molar-refractivity contribution in [2.75, 3.05) is 5.32 Å². The van der Waals surface area contributed by atoms with Gasteiger partial charge in [0.05, 0.1) is 5.69 Å². The van der Waals surface area contributed by atoms with Crippen LogP contribution in [0.2, 0.25) is 0 Å². The summed E-state index contributed by atoms with van der Waals surface area (Å²) in [7, 11) is 0. The van der Waals surface area contributed by atoms with Gasteiger partial charge in [0, 0.05) is 25.0 Å². The van der Waals surface area contributed by atoms with Crippen molar-refractivity contribution in [3.63, 3.8) is 0 Å². The van der Waals surface area contributed by atoms with Crippen LogP contribution in [0.5, 0.6) is 17.2 Å². The molecular weight excluding hydrogens is 430 g/mol. The zero-order valence-electron chi connectivity index (χ0n) is 17.9. The number of anilines is 1. The van der Waals surface area contributed by atoms with E-state index in [2.05, 4.69) is 5.32 Å². The largest absolute Gasteiger partial charge is 0.508 e. The third-order valence-corrected chi connectivity index (χ3v) is 4.27. The SMILES string of the molecule is CC(=O)O.CC(=O)O.O=C1Nc2ccccc2OC1(c1ccc(O)cc1)c1ccc(O)cc1. The Morgan fingerprint density at radius 2 is 1.15 bits per heavy atom. The second kappa shape index (κ2) is 10.7. The standard InChI is InChI=1S/C20H15NO4.2C2H4O2/c22-15-9-5-13(6-10-15)20(14-7-11-16(23)12-8-14)19(24)21-17-3-1-2-4-18(17)25-20;2*1-2(3)4/h1-12,22-23H,(H,21,24);2*1H3,(H,3,4). The highest BCUT2D eigenvalue weighted by molar-refractivity contribution is 6.03. The molecule has 1 aliphatic heterocycles. The topological polar surface area (TPSA) is 153 Å². The summed E-state index contributed by atoms with van der Waals surface area (Å²) < 4.78 is 6.21. The smallest absolute Gasteiger partial charge is 0.300 e. The van der Waals surface area contributed by atoms with Crippen LogP contribution in [0.15, 0.2) is 72.8 Å². The maximum atomic E-state index is 13.1. The third-order valence-electron chi connectivity index (χ3n) is 4.27. The van der Waals surface area contributed by atoms with Crippen molar-refractivity contribution in [2.24, 2.45) is 0 Å². The quantitative estimate of drug-likeness (QED) is 0.395. The molecule has 172 valence electrons. The fraction of sp³-hybridized carbons (Fsp3) is 0.125. The molecule has 0 fully saturated rings. The number of hydrogen-bond acceptors (Lipinski definition) is 6. The average molecular weight is 453 g/mol. The molecule has 5 N–H and O–H groups in total. The number of aromatic hydroxyl groups is 2. The molecule has 3 aromatic carbocycles. The molecule has 0 saturated carbocycles. The van der Waals surface area contributed by atoms with Crippen LogP contribution in [-0.4, -0.2) is 38.3 Å². The van der Waals surface area contributed by atoms with Crippen molar-refractivity contribution in [3.8, 4) is 17.2 Å². The zero-order valence-corrected chi connectivity index (χ0v) is 17.9. The number of para-hydroxylation sites is 2. The number of carbonyl (C=O) groups is 3. The van der Waals surface area contributed by atoms with Gasteiger partial charge >= 0.3 is 0 Å². The fourth-order valence-corrected chi connectivity index (χ4v) is 3.02. The van der Waals surface area contributed by atoms with Gasteiger partial charge in [0.1, 0.15) is 17.2 Å². The number of phenols is 2. The maximum absolute atomic E-state index is 13.1. The number of carboxylic acid groups (broad SMARTS) is 2. The summed E-state index contributed by atoms with van der Waals surface area (Å²) in [4.78, 5) is 31.1. The number of rotatable bonds is 2. The van der Waals surface area contributed by atoms with Gasteiger partial charge in [0.15, 0.2) is 0 Å². The Balaban J connectivity index is 0.000000420. The van der Waals surface area contributed by atoms with Gasteiger partial charge in [-0.15, -0.1) is 0 Å². The molecule has 0 aromatic heterocycles. The molecular formula is C24H23NO8. The Hall–Kier alpha value is -4.53. The molecule has 0 spiro atoms. The van der Waals surface area contributed by atoms with Gasteiger partial charge in [0.25, 0.3) is 17.8 Å². The number of ether oxygens (including phenoxy) is 1. The van der Waals surface area contributed by atoms with Crippen molar-refractivity contribution >= 4 is 23.5 Å². The number of nitrogens with one attached hydrogen (secondary N) is 1. The van der Waals surface area contributed by atoms with Gasteiger partial charge in [-0.1, -0.05) is 36.4 Å². The molecule has 9 heteroatoms. The predicted molar refractivity (Wildman–Crippen MR) is 119 cm³/mol. The zero-order chi connectivity index (χ0) is 24.6. The number of phenolic OH excluding ortho intramolecular Hbond substituents is 2. The van der Waals surface area contributed by atoms with E-state index in [1.807, 2.05) is 12.1 Å². The molecule has 0 aliphatic carbocycles. The molecule has 0 saturated heterocycles. The normalized spacial score (nSPS) is 12.8. The molecule has 0 radical (unpaired) electrons. The monoisotopic (exact) mass is 453 g/mol. The first-order valence-corrected chi connectivity index (χ1v) is 9.64. The molecule has 1 aliphatic rings. The second-order valence-electron chi connectivity index (χ2n) is 6.87. The van der Waals surface area contributed by atoms with Crippen molar-refractivity contribution < 1.29 is 39.5 Å². The fourth-order valence-electron chi connectivity index (χ4n) is 3.02. The number of benzene rings is 3. The summed E-state index contributed by atoms with van der Waals surface area (Å²) >= 11 is 0. The van der Waals surface area contributed by atoms with Crippen LogP contribution >= 0.6 is 0 Å². The Morgan fingerprint density at radius 1 is 0.758 bits per heavy atom. The Bertz CT molecular complexity index is 1060. The highest BCUT2D eigenvalue weighted by Gasteiger charge is 2.48. The number of carboxylic acids is 2. The summed E-state index contributed by atoms with van der Waals surface area (Å²) in [6.07, 6.45) is 0. The van der Waals surface area contributed by atoms with Crippen LogP contribution in [0.3, 0.4) is 0 Å². The third kappa shape index (κ3) is 6.23. The van der Waals surface area contributed by atoms with E-state index in [1.165, 1.54) is 24.3 Å². The van der Waals surface area contributed by atoms with E-state index in [9.17, 15) is 15.0 Å². The second-order valence-corrected chi connectivity index (χ2v) is 6.87. The van der Waals surface area contributed by atoms with Crippen LogP contribution in [0.1, 0.15) is 25.0 Å². The summed E-state index contributed by atoms with van der Waals surface area (Å²) in [5.74, 6) is -1.27. The van der Waals surface area contributed by atoms with Crippen LogP contribution < -0.4 is 10.1 Å². The number of hydrogen-bond donors (Lipinski definition) is 5. The highest BCUT2D eigenvalue weighted by atomic mass is 16.5. The number of fused-ring (bicyclic) bond motifs is 1. The molecule has 33 heavy (non-hydrogen) atoms. The van der Waals surface area contributed by atoms with E-state index in [4.69, 9.17) is 24.5 Å². The number of aliphatic carboxylic acids is 2. The lowest BCUT2D eigenvalue weighted by molar-refractivity contribution is -0.135. The van der Waals surface area contributed by atoms with E-state index in [0.29, 0.717) is 22.6 Å². The van der Waals surface area contributed by atoms with Crippen LogP contribution in [0.4, 0.5) is 5.69 Å². The predicted octanol–water partition coefficient (Wildman–Crippen LogP) is 3.55. The maximum Gasteiger partial charge on any atom is 0.300 e. The molecule has 9 nitrogen and oxygen atoms in total. The Kier molecular flexibility index (Phi) is 8.00. The minimum absolute atomic E-state index is 0.0984.